The topological polar surface area (TPSA) is 123 Å². The zero-order valence-electron chi connectivity index (χ0n) is 21.0. The summed E-state index contributed by atoms with van der Waals surface area (Å²) in [6, 6.07) is 3.33. The van der Waals surface area contributed by atoms with Crippen molar-refractivity contribution in [3.63, 3.8) is 0 Å². The van der Waals surface area contributed by atoms with Crippen LogP contribution in [0.25, 0.3) is 33.7 Å². The molecule has 0 bridgehead atoms. The third-order valence-electron chi connectivity index (χ3n) is 5.56. The second kappa shape index (κ2) is 11.6. The fourth-order valence-electron chi connectivity index (χ4n) is 3.75. The summed E-state index contributed by atoms with van der Waals surface area (Å²) < 4.78 is 23.2. The second-order valence-electron chi connectivity index (χ2n) is 7.75. The number of aromatic nitrogens is 5. The molecule has 0 aliphatic carbocycles. The van der Waals surface area contributed by atoms with E-state index in [0.717, 1.165) is 6.08 Å². The lowest BCUT2D eigenvalue weighted by molar-refractivity contribution is -0.111. The predicted octanol–water partition coefficient (Wildman–Crippen LogP) is 4.66. The smallest absolute Gasteiger partial charge is 0.247 e. The van der Waals surface area contributed by atoms with Gasteiger partial charge in [0.15, 0.2) is 5.82 Å². The number of halogens is 2. The van der Waals surface area contributed by atoms with Crippen LogP contribution in [0.1, 0.15) is 0 Å². The van der Waals surface area contributed by atoms with E-state index in [1.54, 1.807) is 30.1 Å². The van der Waals surface area contributed by atoms with Gasteiger partial charge in [-0.05, 0) is 12.1 Å². The van der Waals surface area contributed by atoms with Crippen LogP contribution < -0.4 is 19.5 Å². The zero-order valence-corrected chi connectivity index (χ0v) is 22.6. The summed E-state index contributed by atoms with van der Waals surface area (Å²) in [5.41, 5.74) is 2.12. The van der Waals surface area contributed by atoms with Crippen molar-refractivity contribution in [2.45, 2.75) is 6.54 Å². The third-order valence-corrected chi connectivity index (χ3v) is 6.31. The number of hydrogen-bond acceptors (Lipinski definition) is 9. The van der Waals surface area contributed by atoms with Crippen LogP contribution in [0, 0.1) is 0 Å². The van der Waals surface area contributed by atoms with Gasteiger partial charge >= 0.3 is 0 Å². The van der Waals surface area contributed by atoms with Gasteiger partial charge < -0.3 is 24.3 Å². The number of carbonyl (C=O) groups excluding carboxylic acids is 1. The molecule has 13 heteroatoms. The molecular formula is C25H24Cl2N6O5. The molecule has 0 fully saturated rings. The Kier molecular flexibility index (Phi) is 8.30. The molecule has 0 atom stereocenters. The first kappa shape index (κ1) is 27.1. The summed E-state index contributed by atoms with van der Waals surface area (Å²) in [4.78, 5) is 25.9. The molecule has 1 amide bonds. The number of hydrogen-bond donors (Lipinski definition) is 1. The van der Waals surface area contributed by atoms with Gasteiger partial charge in [0.05, 0.1) is 62.1 Å². The molecule has 0 radical (unpaired) electrons. The average molecular weight is 559 g/mol. The molecule has 0 saturated carbocycles. The number of rotatable bonds is 10. The number of amides is 1. The molecule has 0 unspecified atom stereocenters. The number of anilines is 1. The van der Waals surface area contributed by atoms with Crippen LogP contribution in [0.15, 0.2) is 37.2 Å². The predicted molar refractivity (Wildman–Crippen MR) is 144 cm³/mol. The van der Waals surface area contributed by atoms with Crippen molar-refractivity contribution in [3.8, 4) is 40.2 Å². The Hall–Kier alpha value is -3.93. The molecule has 38 heavy (non-hydrogen) atoms. The van der Waals surface area contributed by atoms with E-state index in [-0.39, 0.29) is 21.7 Å². The Labute approximate surface area is 228 Å². The number of nitrogens with zero attached hydrogens (tertiary/aromatic N) is 5. The summed E-state index contributed by atoms with van der Waals surface area (Å²) in [6.07, 6.45) is 4.28. The van der Waals surface area contributed by atoms with Crippen molar-refractivity contribution in [1.29, 1.82) is 0 Å². The first-order valence-corrected chi connectivity index (χ1v) is 11.9. The number of pyridine rings is 1. The van der Waals surface area contributed by atoms with Gasteiger partial charge in [0.1, 0.15) is 22.7 Å². The van der Waals surface area contributed by atoms with Crippen LogP contribution in [0.4, 0.5) is 5.69 Å². The maximum Gasteiger partial charge on any atom is 0.247 e. The molecule has 4 aromatic rings. The SMILES string of the molecule is C=CC(=O)Nc1cnn(CCOC)c1-c1ncc2cc(-c3c(Cl)c(OC)cc(OC)c3Cl)nc(OC)c2n1. The summed E-state index contributed by atoms with van der Waals surface area (Å²) >= 11 is 13.2. The Morgan fingerprint density at radius 2 is 1.76 bits per heavy atom. The van der Waals surface area contributed by atoms with Crippen LogP contribution in [0.2, 0.25) is 10.0 Å². The summed E-state index contributed by atoms with van der Waals surface area (Å²) in [6.45, 7) is 4.29. The monoisotopic (exact) mass is 558 g/mol. The molecule has 3 heterocycles. The lowest BCUT2D eigenvalue weighted by Crippen LogP contribution is -2.12. The van der Waals surface area contributed by atoms with E-state index >= 15 is 0 Å². The van der Waals surface area contributed by atoms with Crippen LogP contribution in [-0.2, 0) is 16.1 Å². The number of ether oxygens (including phenoxy) is 4. The second-order valence-corrected chi connectivity index (χ2v) is 8.50. The van der Waals surface area contributed by atoms with Crippen LogP contribution in [0.5, 0.6) is 17.4 Å². The first-order chi connectivity index (χ1) is 18.4. The maximum atomic E-state index is 12.0. The number of benzene rings is 1. The zero-order chi connectivity index (χ0) is 27.4. The van der Waals surface area contributed by atoms with E-state index in [2.05, 4.69) is 27.0 Å². The van der Waals surface area contributed by atoms with Gasteiger partial charge in [0.25, 0.3) is 0 Å². The largest absolute Gasteiger partial charge is 0.495 e. The van der Waals surface area contributed by atoms with Crippen molar-refractivity contribution in [2.75, 3.05) is 40.4 Å². The van der Waals surface area contributed by atoms with E-state index in [1.165, 1.54) is 27.5 Å². The maximum absolute atomic E-state index is 12.0. The number of fused-ring (bicyclic) bond motifs is 1. The van der Waals surface area contributed by atoms with E-state index in [9.17, 15) is 4.79 Å². The molecule has 0 aliphatic heterocycles. The highest BCUT2D eigenvalue weighted by Gasteiger charge is 2.23. The molecule has 0 saturated heterocycles. The normalized spacial score (nSPS) is 10.9. The lowest BCUT2D eigenvalue weighted by Gasteiger charge is -2.15. The van der Waals surface area contributed by atoms with Crippen molar-refractivity contribution >= 4 is 45.7 Å². The molecule has 0 spiro atoms. The molecular weight excluding hydrogens is 535 g/mol. The van der Waals surface area contributed by atoms with Crippen LogP contribution in [0.3, 0.4) is 0 Å². The fourth-order valence-corrected chi connectivity index (χ4v) is 4.44. The quantitative estimate of drug-likeness (QED) is 0.277. The van der Waals surface area contributed by atoms with Gasteiger partial charge in [-0.3, -0.25) is 9.48 Å². The van der Waals surface area contributed by atoms with Crippen molar-refractivity contribution < 1.29 is 23.7 Å². The minimum Gasteiger partial charge on any atom is -0.495 e. The summed E-state index contributed by atoms with van der Waals surface area (Å²) in [5, 5.41) is 8.21. The molecule has 198 valence electrons. The summed E-state index contributed by atoms with van der Waals surface area (Å²) in [7, 11) is 6.04. The van der Waals surface area contributed by atoms with E-state index in [1.807, 2.05) is 0 Å². The van der Waals surface area contributed by atoms with E-state index in [0.29, 0.717) is 58.2 Å². The Morgan fingerprint density at radius 3 is 2.37 bits per heavy atom. The van der Waals surface area contributed by atoms with Gasteiger partial charge in [-0.25, -0.2) is 15.0 Å². The Bertz CT molecular complexity index is 1500. The highest BCUT2D eigenvalue weighted by Crippen LogP contribution is 2.46. The first-order valence-electron chi connectivity index (χ1n) is 11.2. The van der Waals surface area contributed by atoms with E-state index in [4.69, 9.17) is 47.1 Å². The highest BCUT2D eigenvalue weighted by atomic mass is 35.5. The highest BCUT2D eigenvalue weighted by molar-refractivity contribution is 6.41. The molecule has 1 N–H and O–H groups in total. The van der Waals surface area contributed by atoms with Gasteiger partial charge in [-0.15, -0.1) is 0 Å². The number of methoxy groups -OCH3 is 4. The van der Waals surface area contributed by atoms with Gasteiger partial charge in [0.2, 0.25) is 11.8 Å². The molecule has 11 nitrogen and oxygen atoms in total. The van der Waals surface area contributed by atoms with E-state index < -0.39 is 5.91 Å². The minimum atomic E-state index is -0.398. The molecule has 3 aromatic heterocycles. The van der Waals surface area contributed by atoms with Crippen molar-refractivity contribution in [1.82, 2.24) is 24.7 Å². The third kappa shape index (κ3) is 5.08. The standard InChI is InChI=1S/C25H24Cl2N6O5/c1-6-18(34)30-15-12-29-33(7-8-35-2)23(15)24-28-11-13-9-14(31-25(38-5)22(13)32-24)19-20(26)16(36-3)10-17(37-4)21(19)27/h6,9-12H,1,7-8H2,2-5H3,(H,30,34). The molecule has 0 aliphatic rings. The molecule has 1 aromatic carbocycles. The van der Waals surface area contributed by atoms with Crippen molar-refractivity contribution in [3.05, 3.63) is 47.2 Å². The van der Waals surface area contributed by atoms with Crippen LogP contribution >= 0.6 is 23.2 Å². The fraction of sp³-hybridized carbons (Fsp3) is 0.240. The van der Waals surface area contributed by atoms with Gasteiger partial charge in [-0.2, -0.15) is 5.10 Å². The summed E-state index contributed by atoms with van der Waals surface area (Å²) in [5.74, 6) is 0.833. The van der Waals surface area contributed by atoms with Gasteiger partial charge in [0, 0.05) is 30.3 Å². The minimum absolute atomic E-state index is 0.203. The number of nitrogens with one attached hydrogen (secondary N) is 1. The van der Waals surface area contributed by atoms with Crippen molar-refractivity contribution in [2.24, 2.45) is 0 Å². The Morgan fingerprint density at radius 1 is 1.05 bits per heavy atom. The van der Waals surface area contributed by atoms with Gasteiger partial charge in [-0.1, -0.05) is 29.8 Å². The molecule has 4 rings (SSSR count). The van der Waals surface area contributed by atoms with Crippen LogP contribution in [-0.4, -0.2) is 65.7 Å². The lowest BCUT2D eigenvalue weighted by atomic mass is 10.1. The Balaban J connectivity index is 1.90. The number of carbonyl (C=O) groups is 1. The average Bonchev–Trinajstić information content (AvgIpc) is 3.33.